The predicted octanol–water partition coefficient (Wildman–Crippen LogP) is -14.8. The van der Waals surface area contributed by atoms with Gasteiger partial charge in [0.1, 0.15) is 188 Å². The van der Waals surface area contributed by atoms with E-state index in [0.717, 1.165) is 0 Å². The molecule has 0 aliphatic heterocycles. The van der Waals surface area contributed by atoms with E-state index in [1.807, 2.05) is 20.8 Å². The molecule has 2 aliphatic carbocycles. The molecule has 0 aromatic heterocycles. The molecule has 0 spiro atoms. The molecule has 1 nitrogen and oxygen atoms in total. The summed E-state index contributed by atoms with van der Waals surface area (Å²) in [6.45, 7) is 5.73. The van der Waals surface area contributed by atoms with Gasteiger partial charge in [0, 0.05) is 27.9 Å². The van der Waals surface area contributed by atoms with Crippen LogP contribution in [-0.4, -0.2) is 188 Å². The van der Waals surface area contributed by atoms with Gasteiger partial charge in [-0.3, -0.25) is 0 Å². The maximum atomic E-state index is 7.64. The Hall–Kier alpha value is -4.88. The summed E-state index contributed by atoms with van der Waals surface area (Å²) in [6.07, 6.45) is 0. The minimum atomic E-state index is -1.33. The quantitative estimate of drug-likeness (QED) is 0.150. The second kappa shape index (κ2) is 19.1. The number of hydrogen-bond acceptors (Lipinski definition) is 1. The Bertz CT molecular complexity index is 4060. The van der Waals surface area contributed by atoms with Crippen molar-refractivity contribution in [1.29, 1.82) is 0 Å². The molecule has 8 aromatic rings. The summed E-state index contributed by atoms with van der Waals surface area (Å²) in [7, 11) is 163. The smallest absolute Gasteiger partial charge is 0.117 e. The molecule has 0 fully saturated rings. The minimum Gasteiger partial charge on any atom is -0.313 e. The molecule has 0 saturated carbocycles. The van der Waals surface area contributed by atoms with Crippen LogP contribution in [0.25, 0.3) is 44.5 Å². The van der Waals surface area contributed by atoms with E-state index in [1.54, 1.807) is 41.3 Å². The van der Waals surface area contributed by atoms with E-state index >= 15 is 0 Å². The van der Waals surface area contributed by atoms with Crippen LogP contribution in [-0.2, 0) is 10.8 Å². The Morgan fingerprint density at radius 2 is 0.782 bits per heavy atom. The molecule has 48 radical (unpaired) electrons. The fraction of sp³-hybridized carbons (Fsp3) is 0.0943. The van der Waals surface area contributed by atoms with Crippen LogP contribution in [0.4, 0.5) is 17.1 Å². The molecule has 0 heterocycles. The van der Waals surface area contributed by atoms with Crippen LogP contribution >= 0.6 is 0 Å². The molecule has 306 valence electrons. The van der Waals surface area contributed by atoms with Crippen molar-refractivity contribution in [3.63, 3.8) is 0 Å². The molecule has 78 heavy (non-hydrogen) atoms. The number of benzene rings is 8. The highest BCUT2D eigenvalue weighted by atomic mass is 15.1. The zero-order chi connectivity index (χ0) is 57.3. The number of hydrogen-bond donors (Lipinski definition) is 0. The number of nitrogens with zero attached hydrogens (tertiary/aromatic N) is 1. The molecule has 1 atom stereocenters. The van der Waals surface area contributed by atoms with E-state index in [0.29, 0.717) is 66.7 Å². The lowest BCUT2D eigenvalue weighted by molar-refractivity contribution is 0.669. The molecule has 2 aliphatic rings. The van der Waals surface area contributed by atoms with Crippen molar-refractivity contribution in [2.24, 2.45) is 0 Å². The average Bonchev–Trinajstić information content (AvgIpc) is 4.06. The largest absolute Gasteiger partial charge is 0.313 e. The van der Waals surface area contributed by atoms with Gasteiger partial charge < -0.3 is 4.90 Å². The number of anilines is 3. The molecule has 10 rings (SSSR count). The van der Waals surface area contributed by atoms with Crippen LogP contribution < -0.4 is 136 Å². The molecule has 0 saturated heterocycles. The van der Waals surface area contributed by atoms with Crippen molar-refractivity contribution >= 4 is 336 Å². The van der Waals surface area contributed by atoms with E-state index in [4.69, 9.17) is 188 Å². The van der Waals surface area contributed by atoms with Crippen molar-refractivity contribution < 1.29 is 0 Å². The van der Waals surface area contributed by atoms with Gasteiger partial charge in [0.05, 0.1) is 0 Å². The highest BCUT2D eigenvalue weighted by molar-refractivity contribution is 6.70. The van der Waals surface area contributed by atoms with Crippen LogP contribution in [0.2, 0.25) is 0 Å². The SMILES string of the molecule is [B]c1cc(-c2c([B])cc(N(c3cc(C4(C)c5ccc([B])c([B])c5-c5c([B])c([B])cc([B])c54)c([B])c([B])c3[B])c3c([B])c([B])c4c(c3[B])C(C)(C)c3c([B])cc(-c5c([B])c([B])c([B])c([B])c5[B])cc3-4)c([B])c2[B])c([B])c([B])c1[B]. The Morgan fingerprint density at radius 1 is 0.282 bits per heavy atom. The van der Waals surface area contributed by atoms with Gasteiger partial charge in [-0.1, -0.05) is 126 Å². The zero-order valence-corrected chi connectivity index (χ0v) is 42.9. The summed E-state index contributed by atoms with van der Waals surface area (Å²) in [5, 5.41) is 0. The molecular formula is C53H17B24N. The molecule has 25 heteroatoms. The topological polar surface area (TPSA) is 3.24 Å². The van der Waals surface area contributed by atoms with Gasteiger partial charge in [-0.25, -0.2) is 0 Å². The van der Waals surface area contributed by atoms with Crippen LogP contribution in [0.5, 0.6) is 0 Å². The maximum Gasteiger partial charge on any atom is 0.117 e. The summed E-state index contributed by atoms with van der Waals surface area (Å²) in [5.41, 5.74) is 5.36. The number of fused-ring (bicyclic) bond motifs is 6. The zero-order valence-electron chi connectivity index (χ0n) is 42.9. The molecule has 0 N–H and O–H groups in total. The maximum absolute atomic E-state index is 7.64. The third-order valence-electron chi connectivity index (χ3n) is 16.1. The molecule has 0 amide bonds. The Morgan fingerprint density at radius 3 is 1.41 bits per heavy atom. The highest BCUT2D eigenvalue weighted by Gasteiger charge is 2.46. The summed E-state index contributed by atoms with van der Waals surface area (Å²) < 4.78 is 0. The monoisotopic (exact) mass is 931 g/mol. The Labute approximate surface area is 490 Å². The third-order valence-corrected chi connectivity index (χ3v) is 16.1. The molecule has 8 aromatic carbocycles. The molecule has 0 bridgehead atoms. The minimum absolute atomic E-state index is 0.00278. The van der Waals surface area contributed by atoms with E-state index < -0.39 is 10.8 Å². The summed E-state index contributed by atoms with van der Waals surface area (Å²) in [4.78, 5) is 1.56. The van der Waals surface area contributed by atoms with Crippen molar-refractivity contribution in [2.45, 2.75) is 31.6 Å². The fourth-order valence-electron chi connectivity index (χ4n) is 12.1. The second-order valence-electron chi connectivity index (χ2n) is 20.7. The van der Waals surface area contributed by atoms with Gasteiger partial charge in [0.2, 0.25) is 0 Å². The Balaban J connectivity index is 1.33. The average molecular weight is 927 g/mol. The van der Waals surface area contributed by atoms with Gasteiger partial charge >= 0.3 is 0 Å². The van der Waals surface area contributed by atoms with Gasteiger partial charge in [-0.2, -0.15) is 0 Å². The summed E-state index contributed by atoms with van der Waals surface area (Å²) in [6, 6.07) is 13.2. The van der Waals surface area contributed by atoms with E-state index in [2.05, 4.69) is 0 Å². The van der Waals surface area contributed by atoms with Crippen LogP contribution in [0.3, 0.4) is 0 Å². The van der Waals surface area contributed by atoms with Crippen LogP contribution in [0.1, 0.15) is 48.6 Å². The van der Waals surface area contributed by atoms with E-state index in [-0.39, 0.29) is 154 Å². The van der Waals surface area contributed by atoms with E-state index in [1.165, 1.54) is 12.1 Å². The lowest BCUT2D eigenvalue weighted by atomic mass is 9.59. The first-order chi connectivity index (χ1) is 36.3. The fourth-order valence-corrected chi connectivity index (χ4v) is 12.1. The van der Waals surface area contributed by atoms with E-state index in [9.17, 15) is 0 Å². The van der Waals surface area contributed by atoms with Crippen molar-refractivity contribution in [3.05, 3.63) is 76.3 Å². The summed E-state index contributed by atoms with van der Waals surface area (Å²) >= 11 is 0. The van der Waals surface area contributed by atoms with Gasteiger partial charge in [0.15, 0.2) is 0 Å². The first-order valence-corrected chi connectivity index (χ1v) is 24.0. The second-order valence-corrected chi connectivity index (χ2v) is 20.7. The molecule has 1 unspecified atom stereocenters. The Kier molecular flexibility index (Phi) is 13.8. The third kappa shape index (κ3) is 7.63. The lowest BCUT2D eigenvalue weighted by Gasteiger charge is -2.40. The molecular weight excluding hydrogens is 910 g/mol. The highest BCUT2D eigenvalue weighted by Crippen LogP contribution is 2.51. The van der Waals surface area contributed by atoms with Gasteiger partial charge in [-0.05, 0) is 97.4 Å². The normalized spacial score (nSPS) is 14.7. The first kappa shape index (κ1) is 56.4. The van der Waals surface area contributed by atoms with Crippen molar-refractivity contribution in [1.82, 2.24) is 0 Å². The number of rotatable bonds is 6. The van der Waals surface area contributed by atoms with Crippen molar-refractivity contribution in [2.75, 3.05) is 4.90 Å². The standard InChI is InChI=1S/C53H17B24N/c1-52(2)30-13(6-12(7-19(30)56)25-40(67)47(74)49(76)48(75)41(25)68)27-32(52)44(71)51(50(77)43(27)70)78(24-11-18(55)26(42(69)38(24)65)14-8-21(58)37(64)45(72)33(14)60)23-9-16(34(61)46(73)39(23)66)53(3)15-4-5-17(54)35(62)28(15)29-31(53)20(57)10-22(59)36(29)63/h4-11H,1-3H3. The van der Waals surface area contributed by atoms with Crippen molar-refractivity contribution in [3.8, 4) is 44.5 Å². The lowest BCUT2D eigenvalue weighted by Crippen LogP contribution is -2.55. The van der Waals surface area contributed by atoms with Crippen LogP contribution in [0.15, 0.2) is 48.5 Å². The summed E-state index contributed by atoms with van der Waals surface area (Å²) in [5.74, 6) is 0. The van der Waals surface area contributed by atoms with Gasteiger partial charge in [0.25, 0.3) is 0 Å². The van der Waals surface area contributed by atoms with Gasteiger partial charge in [-0.15, -0.1) is 49.2 Å². The predicted molar refractivity (Wildman–Crippen MR) is 356 cm³/mol. The van der Waals surface area contributed by atoms with Crippen LogP contribution in [0, 0.1) is 0 Å². The first-order valence-electron chi connectivity index (χ1n) is 24.0.